The Hall–Kier alpha value is -0.410. The van der Waals surface area contributed by atoms with Gasteiger partial charge < -0.3 is 10.2 Å². The van der Waals surface area contributed by atoms with Gasteiger partial charge in [0, 0.05) is 19.3 Å². The predicted molar refractivity (Wildman–Crippen MR) is 83.4 cm³/mol. The van der Waals surface area contributed by atoms with Gasteiger partial charge in [-0.1, -0.05) is 41.0 Å². The first-order valence-electron chi connectivity index (χ1n) is 7.96. The largest absolute Gasteiger partial charge is 0.368 e. The van der Waals surface area contributed by atoms with Crippen molar-refractivity contribution in [1.29, 1.82) is 0 Å². The van der Waals surface area contributed by atoms with Crippen molar-refractivity contribution < 1.29 is 15.0 Å². The fraction of sp³-hybridized carbons (Fsp3) is 0.941. The Kier molecular flexibility index (Phi) is 8.60. The maximum atomic E-state index is 11.8. The van der Waals surface area contributed by atoms with Gasteiger partial charge in [-0.15, -0.1) is 0 Å². The number of aliphatic hydroxyl groups excluding tert-OH is 1. The van der Waals surface area contributed by atoms with Gasteiger partial charge in [0.1, 0.15) is 5.78 Å². The van der Waals surface area contributed by atoms with Crippen molar-refractivity contribution in [1.82, 2.24) is 0 Å². The van der Waals surface area contributed by atoms with Crippen molar-refractivity contribution in [3.05, 3.63) is 0 Å². The number of aliphatic hydroxyl groups is 2. The second-order valence-corrected chi connectivity index (χ2v) is 7.61. The van der Waals surface area contributed by atoms with Crippen LogP contribution < -0.4 is 0 Å². The number of carbonyl (C=O) groups is 1. The van der Waals surface area contributed by atoms with Gasteiger partial charge in [-0.25, -0.2) is 0 Å². The average Bonchev–Trinajstić information content (AvgIpc) is 2.26. The van der Waals surface area contributed by atoms with Crippen molar-refractivity contribution in [2.45, 2.75) is 92.3 Å². The van der Waals surface area contributed by atoms with Crippen LogP contribution in [0.2, 0.25) is 0 Å². The maximum Gasteiger partial charge on any atom is 0.151 e. The highest BCUT2D eigenvalue weighted by Gasteiger charge is 2.21. The minimum absolute atomic E-state index is 0.112. The van der Waals surface area contributed by atoms with Gasteiger partial charge in [-0.2, -0.15) is 0 Å². The lowest BCUT2D eigenvalue weighted by atomic mass is 9.82. The molecule has 0 bridgehead atoms. The van der Waals surface area contributed by atoms with Gasteiger partial charge in [0.15, 0.2) is 6.29 Å². The van der Waals surface area contributed by atoms with E-state index in [4.69, 9.17) is 10.2 Å². The van der Waals surface area contributed by atoms with E-state index in [9.17, 15) is 4.79 Å². The summed E-state index contributed by atoms with van der Waals surface area (Å²) in [5, 5.41) is 18.0. The summed E-state index contributed by atoms with van der Waals surface area (Å²) in [5.41, 5.74) is 0.234. The molecule has 20 heavy (non-hydrogen) atoms. The summed E-state index contributed by atoms with van der Waals surface area (Å²) in [5.74, 6) is 0.345. The molecule has 0 aromatic heterocycles. The van der Waals surface area contributed by atoms with Crippen LogP contribution >= 0.6 is 0 Å². The highest BCUT2D eigenvalue weighted by Crippen LogP contribution is 2.29. The second kappa shape index (κ2) is 8.78. The molecule has 0 rings (SSSR count). The van der Waals surface area contributed by atoms with E-state index in [2.05, 4.69) is 20.8 Å². The average molecular weight is 286 g/mol. The van der Waals surface area contributed by atoms with Crippen LogP contribution in [-0.4, -0.2) is 22.3 Å². The molecule has 120 valence electrons. The molecule has 0 atom stereocenters. The van der Waals surface area contributed by atoms with E-state index in [1.165, 1.54) is 0 Å². The lowest BCUT2D eigenvalue weighted by Gasteiger charge is -2.25. The summed E-state index contributed by atoms with van der Waals surface area (Å²) in [7, 11) is 0. The van der Waals surface area contributed by atoms with Crippen LogP contribution in [0.1, 0.15) is 86.0 Å². The molecule has 0 amide bonds. The molecule has 3 heteroatoms. The zero-order valence-corrected chi connectivity index (χ0v) is 14.0. The molecule has 3 nitrogen and oxygen atoms in total. The molecule has 0 aromatic rings. The fourth-order valence-electron chi connectivity index (χ4n) is 2.43. The van der Waals surface area contributed by atoms with E-state index < -0.39 is 6.29 Å². The first kappa shape index (κ1) is 19.6. The van der Waals surface area contributed by atoms with Crippen molar-refractivity contribution in [3.63, 3.8) is 0 Å². The zero-order chi connectivity index (χ0) is 15.8. The minimum atomic E-state index is -1.25. The quantitative estimate of drug-likeness (QED) is 0.563. The second-order valence-electron chi connectivity index (χ2n) is 7.61. The van der Waals surface area contributed by atoms with Gasteiger partial charge in [-0.05, 0) is 36.5 Å². The Bertz CT molecular complexity index is 280. The van der Waals surface area contributed by atoms with Crippen molar-refractivity contribution in [2.24, 2.45) is 10.8 Å². The van der Waals surface area contributed by atoms with Crippen LogP contribution in [0.4, 0.5) is 0 Å². The third kappa shape index (κ3) is 10.4. The van der Waals surface area contributed by atoms with Crippen molar-refractivity contribution >= 4 is 5.78 Å². The van der Waals surface area contributed by atoms with E-state index in [0.29, 0.717) is 30.5 Å². The summed E-state index contributed by atoms with van der Waals surface area (Å²) in [4.78, 5) is 11.8. The molecular formula is C17H34O3. The number of ketones is 1. The van der Waals surface area contributed by atoms with Gasteiger partial charge in [0.05, 0.1) is 0 Å². The van der Waals surface area contributed by atoms with Crippen molar-refractivity contribution in [2.75, 3.05) is 0 Å². The topological polar surface area (TPSA) is 57.5 Å². The third-order valence-electron chi connectivity index (χ3n) is 4.31. The lowest BCUT2D eigenvalue weighted by molar-refractivity contribution is -0.119. The third-order valence-corrected chi connectivity index (χ3v) is 4.31. The van der Waals surface area contributed by atoms with E-state index in [1.54, 1.807) is 0 Å². The Morgan fingerprint density at radius 3 is 1.80 bits per heavy atom. The van der Waals surface area contributed by atoms with Crippen LogP contribution in [0, 0.1) is 10.8 Å². The SMILES string of the molecule is CCC(C)(C)CCCC(=O)CCCC(C)(C)CC(O)O. The first-order valence-corrected chi connectivity index (χ1v) is 7.96. The van der Waals surface area contributed by atoms with Gasteiger partial charge in [0.2, 0.25) is 0 Å². The molecule has 0 spiro atoms. The summed E-state index contributed by atoms with van der Waals surface area (Å²) in [6.07, 6.45) is 5.37. The van der Waals surface area contributed by atoms with E-state index in [1.807, 2.05) is 13.8 Å². The standard InChI is InChI=1S/C17H34O3/c1-6-16(2,3)11-7-9-14(18)10-8-12-17(4,5)13-15(19)20/h15,19-20H,6-13H2,1-5H3. The Balaban J connectivity index is 3.79. The molecule has 0 unspecified atom stereocenters. The van der Waals surface area contributed by atoms with Crippen LogP contribution in [0.3, 0.4) is 0 Å². The van der Waals surface area contributed by atoms with Crippen molar-refractivity contribution in [3.8, 4) is 0 Å². The minimum Gasteiger partial charge on any atom is -0.368 e. The van der Waals surface area contributed by atoms with Crippen LogP contribution in [0.5, 0.6) is 0 Å². The molecule has 0 heterocycles. The van der Waals surface area contributed by atoms with Crippen LogP contribution in [-0.2, 0) is 4.79 Å². The molecule has 0 saturated heterocycles. The molecule has 0 aliphatic heterocycles. The number of Topliss-reactive ketones (excluding diaryl/α,β-unsaturated/α-hetero) is 1. The van der Waals surface area contributed by atoms with Crippen LogP contribution in [0.25, 0.3) is 0 Å². The van der Waals surface area contributed by atoms with Crippen LogP contribution in [0.15, 0.2) is 0 Å². The smallest absolute Gasteiger partial charge is 0.151 e. The predicted octanol–water partition coefficient (Wildman–Crippen LogP) is 4.06. The summed E-state index contributed by atoms with van der Waals surface area (Å²) in [6, 6.07) is 0. The van der Waals surface area contributed by atoms with E-state index in [0.717, 1.165) is 32.1 Å². The number of hydrogen-bond acceptors (Lipinski definition) is 3. The van der Waals surface area contributed by atoms with Gasteiger partial charge in [0.25, 0.3) is 0 Å². The number of carbonyl (C=O) groups excluding carboxylic acids is 1. The monoisotopic (exact) mass is 286 g/mol. The number of rotatable bonds is 11. The molecule has 0 fully saturated rings. The molecule has 0 aromatic carbocycles. The van der Waals surface area contributed by atoms with E-state index >= 15 is 0 Å². The highest BCUT2D eigenvalue weighted by atomic mass is 16.5. The highest BCUT2D eigenvalue weighted by molar-refractivity contribution is 5.78. The molecule has 0 radical (unpaired) electrons. The molecule has 0 aliphatic carbocycles. The summed E-state index contributed by atoms with van der Waals surface area (Å²) in [6.45, 7) is 10.7. The summed E-state index contributed by atoms with van der Waals surface area (Å²) >= 11 is 0. The Morgan fingerprint density at radius 2 is 1.40 bits per heavy atom. The number of hydrogen-bond donors (Lipinski definition) is 2. The normalized spacial score (nSPS) is 13.0. The fourth-order valence-corrected chi connectivity index (χ4v) is 2.43. The maximum absolute atomic E-state index is 11.8. The zero-order valence-electron chi connectivity index (χ0n) is 14.0. The first-order chi connectivity index (χ1) is 9.08. The summed E-state index contributed by atoms with van der Waals surface area (Å²) < 4.78 is 0. The molecular weight excluding hydrogens is 252 g/mol. The molecule has 2 N–H and O–H groups in total. The van der Waals surface area contributed by atoms with Gasteiger partial charge in [-0.3, -0.25) is 4.79 Å². The Labute approximate surface area is 124 Å². The Morgan fingerprint density at radius 1 is 0.950 bits per heavy atom. The molecule has 0 aliphatic rings. The lowest BCUT2D eigenvalue weighted by Crippen LogP contribution is -2.20. The van der Waals surface area contributed by atoms with Gasteiger partial charge >= 0.3 is 0 Å². The van der Waals surface area contributed by atoms with E-state index in [-0.39, 0.29) is 5.41 Å². The molecule has 0 saturated carbocycles.